The van der Waals surface area contributed by atoms with Crippen LogP contribution in [0.25, 0.3) is 10.9 Å². The molecule has 0 aliphatic heterocycles. The number of carbonyl (C=O) groups is 1. The van der Waals surface area contributed by atoms with E-state index in [0.717, 1.165) is 11.1 Å². The van der Waals surface area contributed by atoms with Crippen molar-refractivity contribution in [3.63, 3.8) is 0 Å². The van der Waals surface area contributed by atoms with Gasteiger partial charge < -0.3 is 20.3 Å². The molecule has 2 heterocycles. The van der Waals surface area contributed by atoms with Gasteiger partial charge in [0.05, 0.1) is 23.1 Å². The summed E-state index contributed by atoms with van der Waals surface area (Å²) in [4.78, 5) is 33.0. The van der Waals surface area contributed by atoms with Crippen LogP contribution < -0.4 is 15.8 Å². The molecule has 0 amide bonds. The molecular weight excluding hydrogens is 479 g/mol. The number of terminal acetylenes is 1. The summed E-state index contributed by atoms with van der Waals surface area (Å²) in [6, 6.07) is 6.99. The molecule has 0 unspecified atom stereocenters. The average Bonchev–Trinajstić information content (AvgIpc) is 3.36. The third-order valence-electron chi connectivity index (χ3n) is 5.92. The zero-order chi connectivity index (χ0) is 26.5. The van der Waals surface area contributed by atoms with Crippen molar-refractivity contribution in [3.05, 3.63) is 69.3 Å². The molecule has 4 rings (SSSR count). The number of halogens is 1. The number of aliphatic carboxylic acids is 1. The van der Waals surface area contributed by atoms with Gasteiger partial charge in [0.15, 0.2) is 5.82 Å². The van der Waals surface area contributed by atoms with Gasteiger partial charge in [-0.05, 0) is 61.7 Å². The Kier molecular flexibility index (Phi) is 7.43. The number of carboxylic acids is 1. The summed E-state index contributed by atoms with van der Waals surface area (Å²) < 4.78 is 15.1. The van der Waals surface area contributed by atoms with Crippen molar-refractivity contribution in [2.45, 2.75) is 39.3 Å². The van der Waals surface area contributed by atoms with E-state index in [4.69, 9.17) is 6.42 Å². The standard InChI is InChI=1S/C25H25FN8O3/c1-4-9-34(13-16-11-18-22(10-14(16)2)27-15(3)28-24(18)35)17-5-6-20(19(26)12-17)29-21(25(36)37)7-8-23-30-32-33-31-23/h1,5-6,10-12,21,29H,7-9,13H2,2-3H3,(H,36,37)(H,27,28,35)(H,30,31,32,33)/t21-/m0/s1. The molecule has 0 fully saturated rings. The highest BCUT2D eigenvalue weighted by atomic mass is 19.1. The lowest BCUT2D eigenvalue weighted by Gasteiger charge is -2.25. The Morgan fingerprint density at radius 3 is 2.78 bits per heavy atom. The summed E-state index contributed by atoms with van der Waals surface area (Å²) >= 11 is 0. The second-order valence-electron chi connectivity index (χ2n) is 8.57. The van der Waals surface area contributed by atoms with Gasteiger partial charge >= 0.3 is 5.97 Å². The minimum Gasteiger partial charge on any atom is -0.480 e. The fourth-order valence-corrected chi connectivity index (χ4v) is 4.00. The Balaban J connectivity index is 1.55. The van der Waals surface area contributed by atoms with Crippen LogP contribution in [0.5, 0.6) is 0 Å². The molecule has 0 radical (unpaired) electrons. The van der Waals surface area contributed by atoms with Gasteiger partial charge in [-0.2, -0.15) is 5.21 Å². The normalized spacial score (nSPS) is 11.7. The fraction of sp³-hybridized carbons (Fsp3) is 0.280. The maximum absolute atomic E-state index is 15.1. The Bertz CT molecular complexity index is 1530. The first-order valence-electron chi connectivity index (χ1n) is 11.4. The molecule has 37 heavy (non-hydrogen) atoms. The van der Waals surface area contributed by atoms with Crippen LogP contribution in [0.2, 0.25) is 0 Å². The Morgan fingerprint density at radius 2 is 2.11 bits per heavy atom. The van der Waals surface area contributed by atoms with Gasteiger partial charge in [-0.1, -0.05) is 11.1 Å². The van der Waals surface area contributed by atoms with Crippen molar-refractivity contribution in [2.75, 3.05) is 16.8 Å². The topological polar surface area (TPSA) is 153 Å². The minimum absolute atomic E-state index is 0.0415. The zero-order valence-electron chi connectivity index (χ0n) is 20.2. The maximum Gasteiger partial charge on any atom is 0.326 e. The van der Waals surface area contributed by atoms with Crippen molar-refractivity contribution in [3.8, 4) is 12.3 Å². The van der Waals surface area contributed by atoms with Crippen molar-refractivity contribution < 1.29 is 14.3 Å². The number of anilines is 2. The van der Waals surface area contributed by atoms with Crippen LogP contribution in [0.4, 0.5) is 15.8 Å². The lowest BCUT2D eigenvalue weighted by Crippen LogP contribution is -2.30. The van der Waals surface area contributed by atoms with Gasteiger partial charge in [-0.15, -0.1) is 16.6 Å². The number of H-pyrrole nitrogens is 2. The lowest BCUT2D eigenvalue weighted by atomic mass is 10.0. The zero-order valence-corrected chi connectivity index (χ0v) is 20.2. The molecule has 12 heteroatoms. The van der Waals surface area contributed by atoms with Crippen LogP contribution in [0.15, 0.2) is 35.1 Å². The first-order chi connectivity index (χ1) is 17.7. The number of hydrogen-bond donors (Lipinski definition) is 4. The number of aryl methyl sites for hydroxylation is 3. The summed E-state index contributed by atoms with van der Waals surface area (Å²) in [5.74, 6) is 1.72. The molecule has 0 aliphatic rings. The maximum atomic E-state index is 15.1. The number of rotatable bonds is 10. The fourth-order valence-electron chi connectivity index (χ4n) is 4.00. The van der Waals surface area contributed by atoms with E-state index in [2.05, 4.69) is 41.8 Å². The van der Waals surface area contributed by atoms with Crippen LogP contribution in [0.3, 0.4) is 0 Å². The van der Waals surface area contributed by atoms with E-state index >= 15 is 4.39 Å². The highest BCUT2D eigenvalue weighted by Crippen LogP contribution is 2.26. The van der Waals surface area contributed by atoms with Gasteiger partial charge in [-0.25, -0.2) is 14.2 Å². The molecule has 4 aromatic rings. The van der Waals surface area contributed by atoms with Gasteiger partial charge in [0.25, 0.3) is 5.56 Å². The van der Waals surface area contributed by atoms with Crippen LogP contribution in [-0.4, -0.2) is 54.3 Å². The summed E-state index contributed by atoms with van der Waals surface area (Å²) in [6.45, 7) is 4.15. The third-order valence-corrected chi connectivity index (χ3v) is 5.92. The number of aromatic nitrogens is 6. The smallest absolute Gasteiger partial charge is 0.326 e. The van der Waals surface area contributed by atoms with Gasteiger partial charge in [0.1, 0.15) is 17.7 Å². The number of aromatic amines is 2. The SMILES string of the molecule is C#CCN(Cc1cc2c(=O)[nH]c(C)nc2cc1C)c1ccc(N[C@@H](CCc2nn[nH]n2)C(=O)O)c(F)c1. The predicted octanol–water partition coefficient (Wildman–Crippen LogP) is 2.33. The van der Waals surface area contributed by atoms with E-state index in [0.29, 0.717) is 34.8 Å². The van der Waals surface area contributed by atoms with E-state index in [1.165, 1.54) is 12.1 Å². The van der Waals surface area contributed by atoms with E-state index < -0.39 is 17.8 Å². The predicted molar refractivity (Wildman–Crippen MR) is 136 cm³/mol. The molecule has 0 aliphatic carbocycles. The van der Waals surface area contributed by atoms with Crippen molar-refractivity contribution in [2.24, 2.45) is 0 Å². The molecule has 1 atom stereocenters. The van der Waals surface area contributed by atoms with Crippen LogP contribution in [0, 0.1) is 32.0 Å². The number of nitrogens with one attached hydrogen (secondary N) is 3. The van der Waals surface area contributed by atoms with Gasteiger partial charge in [0, 0.05) is 18.7 Å². The number of nitrogens with zero attached hydrogens (tertiary/aromatic N) is 5. The molecule has 190 valence electrons. The van der Waals surface area contributed by atoms with E-state index in [-0.39, 0.29) is 30.6 Å². The molecule has 0 saturated heterocycles. The number of benzene rings is 2. The highest BCUT2D eigenvalue weighted by Gasteiger charge is 2.20. The van der Waals surface area contributed by atoms with E-state index in [1.54, 1.807) is 24.0 Å². The first kappa shape index (κ1) is 25.3. The van der Waals surface area contributed by atoms with Crippen molar-refractivity contribution >= 4 is 28.2 Å². The second-order valence-corrected chi connectivity index (χ2v) is 8.57. The summed E-state index contributed by atoms with van der Waals surface area (Å²) in [5, 5.41) is 26.1. The minimum atomic E-state index is -1.13. The summed E-state index contributed by atoms with van der Waals surface area (Å²) in [5.41, 5.74) is 2.67. The largest absolute Gasteiger partial charge is 0.480 e. The Hall–Kier alpha value is -4.79. The molecule has 0 bridgehead atoms. The van der Waals surface area contributed by atoms with Gasteiger partial charge in [-0.3, -0.25) is 4.79 Å². The molecule has 2 aromatic carbocycles. The quantitative estimate of drug-likeness (QED) is 0.238. The average molecular weight is 505 g/mol. The van der Waals surface area contributed by atoms with E-state index in [1.807, 2.05) is 13.0 Å². The number of tetrazole rings is 1. The summed E-state index contributed by atoms with van der Waals surface area (Å²) in [6.07, 6.45) is 5.97. The number of hydrogen-bond acceptors (Lipinski definition) is 8. The monoisotopic (exact) mass is 504 g/mol. The lowest BCUT2D eigenvalue weighted by molar-refractivity contribution is -0.138. The van der Waals surface area contributed by atoms with Crippen molar-refractivity contribution in [1.82, 2.24) is 30.6 Å². The number of fused-ring (bicyclic) bond motifs is 1. The highest BCUT2D eigenvalue weighted by molar-refractivity contribution is 5.80. The van der Waals surface area contributed by atoms with Crippen LogP contribution in [0.1, 0.15) is 29.2 Å². The number of carboxylic acid groups (broad SMARTS) is 1. The Morgan fingerprint density at radius 1 is 1.30 bits per heavy atom. The Labute approximate surface area is 211 Å². The molecule has 0 saturated carbocycles. The molecule has 0 spiro atoms. The third kappa shape index (κ3) is 5.90. The second kappa shape index (κ2) is 10.9. The van der Waals surface area contributed by atoms with Gasteiger partial charge in [0.2, 0.25) is 0 Å². The van der Waals surface area contributed by atoms with Crippen molar-refractivity contribution in [1.29, 1.82) is 0 Å². The van der Waals surface area contributed by atoms with Crippen LogP contribution >= 0.6 is 0 Å². The molecule has 11 nitrogen and oxygen atoms in total. The molecule has 4 N–H and O–H groups in total. The van der Waals surface area contributed by atoms with Crippen LogP contribution in [-0.2, 0) is 17.8 Å². The molecule has 2 aromatic heterocycles. The summed E-state index contributed by atoms with van der Waals surface area (Å²) in [7, 11) is 0. The van der Waals surface area contributed by atoms with E-state index in [9.17, 15) is 14.7 Å². The molecular formula is C25H25FN8O3. The first-order valence-corrected chi connectivity index (χ1v) is 11.4.